The lowest BCUT2D eigenvalue weighted by molar-refractivity contribution is -0.359. The highest BCUT2D eigenvalue weighted by atomic mass is 16.7. The predicted octanol–water partition coefficient (Wildman–Crippen LogP) is 16.2. The summed E-state index contributed by atoms with van der Waals surface area (Å²) < 4.78 is 22.9. The van der Waals surface area contributed by atoms with Crippen LogP contribution in [0.25, 0.3) is 0 Å². The third kappa shape index (κ3) is 44.7. The molecule has 2 rings (SSSR count). The van der Waals surface area contributed by atoms with Gasteiger partial charge in [-0.3, -0.25) is 4.79 Å². The van der Waals surface area contributed by atoms with Gasteiger partial charge in [-0.2, -0.15) is 0 Å². The summed E-state index contributed by atoms with van der Waals surface area (Å²) in [6, 6.07) is -0.918. The van der Waals surface area contributed by atoms with Gasteiger partial charge >= 0.3 is 0 Å². The van der Waals surface area contributed by atoms with Gasteiger partial charge in [-0.25, -0.2) is 0 Å². The van der Waals surface area contributed by atoms with Crippen molar-refractivity contribution in [1.29, 1.82) is 0 Å². The van der Waals surface area contributed by atoms with Crippen LogP contribution in [-0.2, 0) is 23.7 Å². The zero-order valence-electron chi connectivity index (χ0n) is 57.8. The number of aliphatic hydroxyl groups excluding tert-OH is 8. The van der Waals surface area contributed by atoms with Crippen LogP contribution in [0.2, 0.25) is 0 Å². The number of amides is 1. The first kappa shape index (κ1) is 84.5. The average molecular weight is 1290 g/mol. The molecule has 0 aromatic rings. The minimum Gasteiger partial charge on any atom is -0.394 e. The van der Waals surface area contributed by atoms with Crippen LogP contribution in [0.15, 0.2) is 72.9 Å². The molecule has 1 amide bonds. The Hall–Kier alpha value is -2.57. The Morgan fingerprint density at radius 2 is 0.758 bits per heavy atom. The zero-order valence-corrected chi connectivity index (χ0v) is 57.8. The van der Waals surface area contributed by atoms with Gasteiger partial charge in [-0.05, 0) is 64.2 Å². The third-order valence-corrected chi connectivity index (χ3v) is 18.1. The fourth-order valence-electron chi connectivity index (χ4n) is 12.2. The fourth-order valence-corrected chi connectivity index (χ4v) is 12.2. The molecule has 530 valence electrons. The monoisotopic (exact) mass is 1290 g/mol. The molecule has 12 atom stereocenters. The van der Waals surface area contributed by atoms with Crippen molar-refractivity contribution in [1.82, 2.24) is 5.32 Å². The summed E-state index contributed by atoms with van der Waals surface area (Å²) >= 11 is 0. The summed E-state index contributed by atoms with van der Waals surface area (Å²) in [5.74, 6) is -0.236. The number of hydrogen-bond acceptors (Lipinski definition) is 13. The Bertz CT molecular complexity index is 1800. The topological polar surface area (TPSA) is 228 Å². The van der Waals surface area contributed by atoms with E-state index in [0.717, 1.165) is 70.6 Å². The van der Waals surface area contributed by atoms with Crippen LogP contribution < -0.4 is 5.32 Å². The zero-order chi connectivity index (χ0) is 65.9. The number of ether oxygens (including phenoxy) is 4. The lowest BCUT2D eigenvalue weighted by Crippen LogP contribution is -2.65. The SMILES string of the molecule is CC/C=C\C/C=C\C/C=C\C/C=C\C/C=C\CCCCCCCCCCCCCCCCCCCC(=O)NC(COC1OC(CO)C(OC2OC(CO)C(O)C(O)C2O)C(O)C1O)C(O)/C=C/CCCCCCCCCCCCCCCCCCCCCCCC. The van der Waals surface area contributed by atoms with Crippen molar-refractivity contribution in [2.45, 2.75) is 389 Å². The molecule has 2 fully saturated rings. The molecule has 2 heterocycles. The molecule has 91 heavy (non-hydrogen) atoms. The summed E-state index contributed by atoms with van der Waals surface area (Å²) in [4.78, 5) is 13.4. The van der Waals surface area contributed by atoms with Crippen LogP contribution in [0.4, 0.5) is 0 Å². The Balaban J connectivity index is 1.64. The molecule has 0 aromatic carbocycles. The molecular weight excluding hydrogens is 1150 g/mol. The maximum Gasteiger partial charge on any atom is 0.220 e. The smallest absolute Gasteiger partial charge is 0.220 e. The number of unbranched alkanes of at least 4 members (excludes halogenated alkanes) is 39. The summed E-state index contributed by atoms with van der Waals surface area (Å²) in [5, 5.41) is 87.6. The first-order chi connectivity index (χ1) is 44.6. The van der Waals surface area contributed by atoms with Gasteiger partial charge in [0, 0.05) is 6.42 Å². The van der Waals surface area contributed by atoms with Gasteiger partial charge in [0.15, 0.2) is 12.6 Å². The summed E-state index contributed by atoms with van der Waals surface area (Å²) in [7, 11) is 0. The molecule has 0 aliphatic carbocycles. The predicted molar refractivity (Wildman–Crippen MR) is 373 cm³/mol. The van der Waals surface area contributed by atoms with E-state index in [-0.39, 0.29) is 18.9 Å². The normalized spacial score (nSPS) is 23.2. The highest BCUT2D eigenvalue weighted by molar-refractivity contribution is 5.76. The molecular formula is C77H139NO13. The Morgan fingerprint density at radius 3 is 1.16 bits per heavy atom. The van der Waals surface area contributed by atoms with E-state index in [1.165, 1.54) is 218 Å². The molecule has 0 spiro atoms. The number of carbonyl (C=O) groups is 1. The summed E-state index contributed by atoms with van der Waals surface area (Å²) in [5.41, 5.74) is 0. The van der Waals surface area contributed by atoms with Crippen molar-refractivity contribution in [2.75, 3.05) is 19.8 Å². The van der Waals surface area contributed by atoms with Crippen LogP contribution in [0, 0.1) is 0 Å². The van der Waals surface area contributed by atoms with Gasteiger partial charge in [-0.1, -0.05) is 318 Å². The van der Waals surface area contributed by atoms with Gasteiger partial charge in [0.05, 0.1) is 32.0 Å². The maximum absolute atomic E-state index is 13.4. The summed E-state index contributed by atoms with van der Waals surface area (Å²) in [6.45, 7) is 2.73. The van der Waals surface area contributed by atoms with Gasteiger partial charge in [0.1, 0.15) is 48.8 Å². The van der Waals surface area contributed by atoms with Crippen LogP contribution in [0.1, 0.15) is 316 Å². The molecule has 0 radical (unpaired) electrons. The first-order valence-corrected chi connectivity index (χ1v) is 37.7. The minimum absolute atomic E-state index is 0.236. The number of hydrogen-bond donors (Lipinski definition) is 9. The van der Waals surface area contributed by atoms with Crippen molar-refractivity contribution >= 4 is 5.91 Å². The number of nitrogens with one attached hydrogen (secondary N) is 1. The van der Waals surface area contributed by atoms with E-state index in [2.05, 4.69) is 79.9 Å². The van der Waals surface area contributed by atoms with Crippen LogP contribution in [0.3, 0.4) is 0 Å². The lowest BCUT2D eigenvalue weighted by atomic mass is 9.97. The van der Waals surface area contributed by atoms with Crippen molar-refractivity contribution in [3.63, 3.8) is 0 Å². The molecule has 0 bridgehead atoms. The van der Waals surface area contributed by atoms with Crippen molar-refractivity contribution in [3.05, 3.63) is 72.9 Å². The molecule has 2 aliphatic heterocycles. The van der Waals surface area contributed by atoms with Crippen molar-refractivity contribution in [3.8, 4) is 0 Å². The molecule has 0 saturated carbocycles. The highest BCUT2D eigenvalue weighted by Crippen LogP contribution is 2.30. The average Bonchev–Trinajstić information content (AvgIpc) is 1.28. The number of carbonyl (C=O) groups excluding carboxylic acids is 1. The number of allylic oxidation sites excluding steroid dienone is 11. The van der Waals surface area contributed by atoms with Crippen molar-refractivity contribution < 1.29 is 64.6 Å². The van der Waals surface area contributed by atoms with E-state index in [4.69, 9.17) is 18.9 Å². The standard InChI is InChI=1S/C77H139NO13/c1-3-5-7-9-11-13-15-17-19-21-23-25-27-29-30-31-32-33-34-35-36-37-39-41-43-45-47-49-51-53-55-57-59-61-69(82)78-65(64-88-76-74(87)72(85)75(68(63-80)90-76)91-77-73(86)71(84)70(83)67(62-79)89-77)66(81)60-58-56-54-52-50-48-46-44-42-40-38-28-26-24-22-20-18-16-14-12-10-8-6-4-2/h5,7,11,13,17,19,23,25,29-30,58,60,65-68,70-77,79-81,83-87H,3-4,6,8-10,12,14-16,18,20-22,24,26-28,31-57,59,61-64H2,1-2H3,(H,78,82)/b7-5-,13-11-,19-17-,25-23-,30-29-,60-58+. The second kappa shape index (κ2) is 61.1. The second-order valence-electron chi connectivity index (χ2n) is 26.4. The molecule has 14 nitrogen and oxygen atoms in total. The van der Waals surface area contributed by atoms with Crippen LogP contribution in [-0.4, -0.2) is 140 Å². The Morgan fingerprint density at radius 1 is 0.407 bits per heavy atom. The molecule has 2 aliphatic rings. The molecule has 2 saturated heterocycles. The van der Waals surface area contributed by atoms with E-state index in [1.54, 1.807) is 6.08 Å². The van der Waals surface area contributed by atoms with Crippen LogP contribution in [0.5, 0.6) is 0 Å². The van der Waals surface area contributed by atoms with E-state index >= 15 is 0 Å². The van der Waals surface area contributed by atoms with E-state index in [9.17, 15) is 45.6 Å². The van der Waals surface area contributed by atoms with Crippen LogP contribution >= 0.6 is 0 Å². The van der Waals surface area contributed by atoms with Gasteiger partial charge < -0.3 is 65.1 Å². The van der Waals surface area contributed by atoms with Crippen molar-refractivity contribution in [2.24, 2.45) is 0 Å². The third-order valence-electron chi connectivity index (χ3n) is 18.1. The minimum atomic E-state index is -1.79. The van der Waals surface area contributed by atoms with E-state index in [0.29, 0.717) is 6.42 Å². The van der Waals surface area contributed by atoms with E-state index in [1.807, 2.05) is 6.08 Å². The molecule has 0 aromatic heterocycles. The fraction of sp³-hybridized carbons (Fsp3) is 0.831. The van der Waals surface area contributed by atoms with E-state index < -0.39 is 86.8 Å². The van der Waals surface area contributed by atoms with Gasteiger partial charge in [0.2, 0.25) is 5.91 Å². The largest absolute Gasteiger partial charge is 0.394 e. The Kier molecular flexibility index (Phi) is 56.7. The second-order valence-corrected chi connectivity index (χ2v) is 26.4. The highest BCUT2D eigenvalue weighted by Gasteiger charge is 2.51. The number of aliphatic hydroxyl groups is 8. The van der Waals surface area contributed by atoms with Gasteiger partial charge in [-0.15, -0.1) is 0 Å². The summed E-state index contributed by atoms with van der Waals surface area (Å²) in [6.07, 6.45) is 66.7. The maximum atomic E-state index is 13.4. The lowest BCUT2D eigenvalue weighted by Gasteiger charge is -2.46. The number of rotatable bonds is 62. The molecule has 12 unspecified atom stereocenters. The quantitative estimate of drug-likeness (QED) is 0.0204. The molecule has 9 N–H and O–H groups in total. The Labute approximate surface area is 555 Å². The molecule has 14 heteroatoms. The van der Waals surface area contributed by atoms with Gasteiger partial charge in [0.25, 0.3) is 0 Å². The first-order valence-electron chi connectivity index (χ1n) is 37.7.